The summed E-state index contributed by atoms with van der Waals surface area (Å²) in [7, 11) is 0. The third kappa shape index (κ3) is 4.73. The highest BCUT2D eigenvalue weighted by atomic mass is 16.5. The van der Waals surface area contributed by atoms with Crippen molar-refractivity contribution in [3.05, 3.63) is 11.8 Å². The molecule has 2 rings (SSSR count). The first-order valence-electron chi connectivity index (χ1n) is 8.87. The van der Waals surface area contributed by atoms with E-state index in [4.69, 9.17) is 4.74 Å². The average molecular weight is 333 g/mol. The standard InChI is InChI=1S/C18H27N3O3/c1-3-24-18(23)15-6-8-20(9-7-15)13-16(12-19)17(22)21-10-4-14(2)5-11-21/h13-15H,3-11H2,1-2H3/b16-13-. The van der Waals surface area contributed by atoms with Crippen LogP contribution in [0.5, 0.6) is 0 Å². The first-order chi connectivity index (χ1) is 11.5. The van der Waals surface area contributed by atoms with Crippen LogP contribution in [0.25, 0.3) is 0 Å². The molecule has 0 aromatic heterocycles. The maximum atomic E-state index is 12.5. The molecule has 0 aromatic rings. The molecule has 2 saturated heterocycles. The van der Waals surface area contributed by atoms with Gasteiger partial charge in [0.2, 0.25) is 0 Å². The van der Waals surface area contributed by atoms with Crippen molar-refractivity contribution in [3.63, 3.8) is 0 Å². The van der Waals surface area contributed by atoms with E-state index in [0.29, 0.717) is 38.5 Å². The van der Waals surface area contributed by atoms with Gasteiger partial charge in [-0.3, -0.25) is 9.59 Å². The molecule has 6 heteroatoms. The fourth-order valence-corrected chi connectivity index (χ4v) is 3.22. The van der Waals surface area contributed by atoms with Gasteiger partial charge in [0, 0.05) is 32.4 Å². The Hall–Kier alpha value is -2.03. The molecular weight excluding hydrogens is 306 g/mol. The number of esters is 1. The highest BCUT2D eigenvalue weighted by Gasteiger charge is 2.27. The summed E-state index contributed by atoms with van der Waals surface area (Å²) in [6.07, 6.45) is 5.05. The molecule has 0 aliphatic carbocycles. The van der Waals surface area contributed by atoms with Crippen LogP contribution >= 0.6 is 0 Å². The van der Waals surface area contributed by atoms with Crippen molar-refractivity contribution in [2.75, 3.05) is 32.8 Å². The van der Waals surface area contributed by atoms with E-state index < -0.39 is 0 Å². The molecule has 0 spiro atoms. The molecule has 0 bridgehead atoms. The van der Waals surface area contributed by atoms with Crippen molar-refractivity contribution in [1.82, 2.24) is 9.80 Å². The minimum Gasteiger partial charge on any atom is -0.466 e. The number of nitriles is 1. The summed E-state index contributed by atoms with van der Waals surface area (Å²) >= 11 is 0. The van der Waals surface area contributed by atoms with E-state index in [2.05, 4.69) is 6.92 Å². The van der Waals surface area contributed by atoms with Gasteiger partial charge in [-0.05, 0) is 38.5 Å². The van der Waals surface area contributed by atoms with Gasteiger partial charge in [0.25, 0.3) is 5.91 Å². The van der Waals surface area contributed by atoms with E-state index in [0.717, 1.165) is 25.9 Å². The Bertz CT molecular complexity index is 522. The molecule has 0 saturated carbocycles. The van der Waals surface area contributed by atoms with Gasteiger partial charge in [0.1, 0.15) is 11.6 Å². The number of piperidine rings is 2. The van der Waals surface area contributed by atoms with Gasteiger partial charge >= 0.3 is 5.97 Å². The summed E-state index contributed by atoms with van der Waals surface area (Å²) in [5.74, 6) is 0.266. The predicted octanol–water partition coefficient (Wildman–Crippen LogP) is 1.93. The summed E-state index contributed by atoms with van der Waals surface area (Å²) in [5, 5.41) is 9.35. The van der Waals surface area contributed by atoms with Gasteiger partial charge in [-0.15, -0.1) is 0 Å². The highest BCUT2D eigenvalue weighted by molar-refractivity contribution is 5.97. The Morgan fingerprint density at radius 1 is 1.17 bits per heavy atom. The van der Waals surface area contributed by atoms with Crippen molar-refractivity contribution in [3.8, 4) is 6.07 Å². The van der Waals surface area contributed by atoms with Crippen molar-refractivity contribution in [1.29, 1.82) is 5.26 Å². The lowest BCUT2D eigenvalue weighted by molar-refractivity contribution is -0.149. The zero-order valence-electron chi connectivity index (χ0n) is 14.7. The third-order valence-electron chi connectivity index (χ3n) is 4.88. The molecule has 0 radical (unpaired) electrons. The van der Waals surface area contributed by atoms with Crippen molar-refractivity contribution in [2.45, 2.75) is 39.5 Å². The predicted molar refractivity (Wildman–Crippen MR) is 89.6 cm³/mol. The van der Waals surface area contributed by atoms with E-state index in [-0.39, 0.29) is 23.4 Å². The zero-order valence-corrected chi connectivity index (χ0v) is 14.7. The van der Waals surface area contributed by atoms with E-state index in [1.807, 2.05) is 17.9 Å². The summed E-state index contributed by atoms with van der Waals surface area (Å²) in [6, 6.07) is 2.05. The van der Waals surface area contributed by atoms with Crippen LogP contribution in [0.4, 0.5) is 0 Å². The SMILES string of the molecule is CCOC(=O)C1CCN(/C=C(/C#N)C(=O)N2CCC(C)CC2)CC1. The Balaban J connectivity index is 1.90. The molecular formula is C18H27N3O3. The molecule has 1 amide bonds. The Morgan fingerprint density at radius 3 is 2.33 bits per heavy atom. The smallest absolute Gasteiger partial charge is 0.309 e. The monoisotopic (exact) mass is 333 g/mol. The third-order valence-corrected chi connectivity index (χ3v) is 4.88. The van der Waals surface area contributed by atoms with E-state index in [9.17, 15) is 14.9 Å². The summed E-state index contributed by atoms with van der Waals surface area (Å²) in [6.45, 7) is 7.19. The van der Waals surface area contributed by atoms with E-state index >= 15 is 0 Å². The number of likely N-dealkylation sites (tertiary alicyclic amines) is 2. The Labute approximate surface area is 144 Å². The summed E-state index contributed by atoms with van der Waals surface area (Å²) in [5.41, 5.74) is 0.194. The number of rotatable bonds is 4. The molecule has 2 heterocycles. The van der Waals surface area contributed by atoms with Crippen LogP contribution in [0.2, 0.25) is 0 Å². The molecule has 2 aliphatic heterocycles. The molecule has 2 fully saturated rings. The molecule has 0 unspecified atom stereocenters. The largest absolute Gasteiger partial charge is 0.466 e. The first kappa shape index (κ1) is 18.3. The number of hydrogen-bond acceptors (Lipinski definition) is 5. The quantitative estimate of drug-likeness (QED) is 0.446. The summed E-state index contributed by atoms with van der Waals surface area (Å²) in [4.78, 5) is 28.0. The maximum absolute atomic E-state index is 12.5. The molecule has 132 valence electrons. The van der Waals surface area contributed by atoms with Gasteiger partial charge in [-0.25, -0.2) is 0 Å². The van der Waals surface area contributed by atoms with Crippen LogP contribution in [-0.4, -0.2) is 54.5 Å². The van der Waals surface area contributed by atoms with E-state index in [1.165, 1.54) is 0 Å². The zero-order chi connectivity index (χ0) is 17.5. The second-order valence-corrected chi connectivity index (χ2v) is 6.69. The number of hydrogen-bond donors (Lipinski definition) is 0. The fraction of sp³-hybridized carbons (Fsp3) is 0.722. The minimum atomic E-state index is -0.170. The maximum Gasteiger partial charge on any atom is 0.309 e. The average Bonchev–Trinajstić information content (AvgIpc) is 2.60. The van der Waals surface area contributed by atoms with Crippen molar-refractivity contribution < 1.29 is 14.3 Å². The molecule has 0 atom stereocenters. The van der Waals surface area contributed by atoms with Crippen LogP contribution in [0.3, 0.4) is 0 Å². The van der Waals surface area contributed by atoms with Crippen molar-refractivity contribution in [2.24, 2.45) is 11.8 Å². The van der Waals surface area contributed by atoms with Crippen LogP contribution in [-0.2, 0) is 14.3 Å². The lowest BCUT2D eigenvalue weighted by atomic mass is 9.97. The molecule has 6 nitrogen and oxygen atoms in total. The van der Waals surface area contributed by atoms with Crippen LogP contribution in [0.15, 0.2) is 11.8 Å². The molecule has 2 aliphatic rings. The normalized spacial score (nSPS) is 20.6. The fourth-order valence-electron chi connectivity index (χ4n) is 3.22. The number of ether oxygens (including phenoxy) is 1. The van der Waals surface area contributed by atoms with Crippen LogP contribution in [0.1, 0.15) is 39.5 Å². The minimum absolute atomic E-state index is 0.0700. The Kier molecular flexibility index (Phi) is 6.65. The van der Waals surface area contributed by atoms with Gasteiger partial charge in [0.05, 0.1) is 12.5 Å². The molecule has 24 heavy (non-hydrogen) atoms. The number of carbonyl (C=O) groups excluding carboxylic acids is 2. The second-order valence-electron chi connectivity index (χ2n) is 6.69. The number of nitrogens with zero attached hydrogens (tertiary/aromatic N) is 3. The second kappa shape index (κ2) is 8.72. The van der Waals surface area contributed by atoms with E-state index in [1.54, 1.807) is 11.1 Å². The molecule has 0 N–H and O–H groups in total. The van der Waals surface area contributed by atoms with Gasteiger partial charge < -0.3 is 14.5 Å². The Morgan fingerprint density at radius 2 is 1.79 bits per heavy atom. The molecule has 0 aromatic carbocycles. The topological polar surface area (TPSA) is 73.6 Å². The number of amides is 1. The first-order valence-corrected chi connectivity index (χ1v) is 8.87. The highest BCUT2D eigenvalue weighted by Crippen LogP contribution is 2.21. The van der Waals surface area contributed by atoms with Gasteiger partial charge in [0.15, 0.2) is 0 Å². The van der Waals surface area contributed by atoms with Gasteiger partial charge in [-0.2, -0.15) is 5.26 Å². The van der Waals surface area contributed by atoms with Crippen LogP contribution < -0.4 is 0 Å². The van der Waals surface area contributed by atoms with Gasteiger partial charge in [-0.1, -0.05) is 6.92 Å². The van der Waals surface area contributed by atoms with Crippen molar-refractivity contribution >= 4 is 11.9 Å². The lowest BCUT2D eigenvalue weighted by Gasteiger charge is -2.32. The number of carbonyl (C=O) groups is 2. The lowest BCUT2D eigenvalue weighted by Crippen LogP contribution is -2.39. The van der Waals surface area contributed by atoms with Crippen LogP contribution in [0, 0.1) is 23.2 Å². The summed E-state index contributed by atoms with van der Waals surface area (Å²) < 4.78 is 5.06.